The zero-order chi connectivity index (χ0) is 24.2. The lowest BCUT2D eigenvalue weighted by atomic mass is 9.51. The summed E-state index contributed by atoms with van der Waals surface area (Å²) in [6.45, 7) is 3.71. The second kappa shape index (κ2) is 7.68. The Morgan fingerprint density at radius 2 is 1.97 bits per heavy atom. The van der Waals surface area contributed by atoms with E-state index in [2.05, 4.69) is 13.0 Å². The lowest BCUT2D eigenvalue weighted by molar-refractivity contribution is -0.337. The Labute approximate surface area is 199 Å². The number of fused-ring (bicyclic) bond motifs is 6. The molecular formula is C26H36O8. The first-order valence-electron chi connectivity index (χ1n) is 12.8. The van der Waals surface area contributed by atoms with Crippen molar-refractivity contribution in [2.75, 3.05) is 13.2 Å². The van der Waals surface area contributed by atoms with E-state index in [0.717, 1.165) is 23.1 Å². The van der Waals surface area contributed by atoms with Crippen molar-refractivity contribution >= 4 is 5.78 Å². The number of ketones is 1. The Morgan fingerprint density at radius 1 is 1.21 bits per heavy atom. The number of ether oxygens (including phenoxy) is 2. The maximum atomic E-state index is 13.8. The minimum atomic E-state index is -1.59. The third-order valence-electron chi connectivity index (χ3n) is 10.3. The molecule has 0 aromatic carbocycles. The summed E-state index contributed by atoms with van der Waals surface area (Å²) in [4.78, 5) is 13.8. The SMILES string of the molecule is CC1COC2(OC3C(=O)C4=C(CCC5C4CC=C4CC(O)CC(O)C45C)C3C2CO)C(O)C1O. The van der Waals surface area contributed by atoms with Crippen molar-refractivity contribution in [2.24, 2.45) is 35.0 Å². The highest BCUT2D eigenvalue weighted by atomic mass is 16.7. The van der Waals surface area contributed by atoms with Crippen LogP contribution in [0.15, 0.2) is 22.8 Å². The molecule has 12 atom stereocenters. The van der Waals surface area contributed by atoms with E-state index in [-0.39, 0.29) is 42.7 Å². The molecule has 1 saturated carbocycles. The molecule has 2 saturated heterocycles. The minimum Gasteiger partial charge on any atom is -0.396 e. The Kier molecular flexibility index (Phi) is 5.26. The molecule has 5 N–H and O–H groups in total. The van der Waals surface area contributed by atoms with E-state index in [1.54, 1.807) is 6.92 Å². The van der Waals surface area contributed by atoms with Crippen LogP contribution in [-0.2, 0) is 14.3 Å². The second-order valence-electron chi connectivity index (χ2n) is 11.7. The number of Topliss-reactive ketones (excluding diaryl/α,β-unsaturated/α-hetero) is 1. The smallest absolute Gasteiger partial charge is 0.203 e. The normalized spacial score (nSPS) is 54.4. The summed E-state index contributed by atoms with van der Waals surface area (Å²) in [6.07, 6.45) is 0.714. The predicted octanol–water partition coefficient (Wildman–Crippen LogP) is 0.452. The van der Waals surface area contributed by atoms with Crippen LogP contribution in [0.2, 0.25) is 0 Å². The third kappa shape index (κ3) is 2.76. The molecule has 0 radical (unpaired) electrons. The lowest BCUT2D eigenvalue weighted by Crippen LogP contribution is -2.62. The summed E-state index contributed by atoms with van der Waals surface area (Å²) in [5.74, 6) is -2.97. The summed E-state index contributed by atoms with van der Waals surface area (Å²) >= 11 is 0. The Balaban J connectivity index is 1.38. The van der Waals surface area contributed by atoms with Gasteiger partial charge in [-0.05, 0) is 37.5 Å². The number of aliphatic hydroxyl groups excluding tert-OH is 5. The van der Waals surface area contributed by atoms with Gasteiger partial charge in [-0.25, -0.2) is 0 Å². The molecule has 34 heavy (non-hydrogen) atoms. The van der Waals surface area contributed by atoms with Gasteiger partial charge in [0.05, 0.1) is 31.5 Å². The minimum absolute atomic E-state index is 0.0396. The summed E-state index contributed by atoms with van der Waals surface area (Å²) in [5.41, 5.74) is 2.38. The van der Waals surface area contributed by atoms with Gasteiger partial charge >= 0.3 is 0 Å². The molecule has 2 aliphatic heterocycles. The number of aliphatic hydroxyl groups is 5. The fourth-order valence-corrected chi connectivity index (χ4v) is 8.39. The van der Waals surface area contributed by atoms with Crippen molar-refractivity contribution in [1.82, 2.24) is 0 Å². The molecule has 0 bridgehead atoms. The zero-order valence-corrected chi connectivity index (χ0v) is 19.8. The summed E-state index contributed by atoms with van der Waals surface area (Å²) in [5, 5.41) is 53.1. The predicted molar refractivity (Wildman–Crippen MR) is 119 cm³/mol. The van der Waals surface area contributed by atoms with Crippen molar-refractivity contribution in [1.29, 1.82) is 0 Å². The second-order valence-corrected chi connectivity index (χ2v) is 11.7. The molecule has 0 aromatic heterocycles. The number of hydrogen-bond acceptors (Lipinski definition) is 8. The zero-order valence-electron chi connectivity index (χ0n) is 19.8. The molecule has 0 aromatic rings. The Bertz CT molecular complexity index is 958. The molecule has 6 aliphatic rings. The van der Waals surface area contributed by atoms with E-state index >= 15 is 0 Å². The van der Waals surface area contributed by atoms with Crippen molar-refractivity contribution in [3.8, 4) is 0 Å². The molecule has 8 heteroatoms. The average molecular weight is 477 g/mol. The molecule has 6 rings (SSSR count). The molecular weight excluding hydrogens is 440 g/mol. The first kappa shape index (κ1) is 23.3. The topological polar surface area (TPSA) is 137 Å². The van der Waals surface area contributed by atoms with E-state index in [4.69, 9.17) is 9.47 Å². The van der Waals surface area contributed by atoms with Crippen molar-refractivity contribution in [3.05, 3.63) is 22.8 Å². The van der Waals surface area contributed by atoms with E-state index in [0.29, 0.717) is 25.7 Å². The first-order valence-corrected chi connectivity index (χ1v) is 12.8. The molecule has 0 amide bonds. The summed E-state index contributed by atoms with van der Waals surface area (Å²) < 4.78 is 12.2. The standard InChI is InChI=1S/C26H36O8/c1-11-10-33-26(24(32)21(11)30)17(9-27)20-15-5-6-16-14(19(15)22(31)23(20)34-26)4-3-12-7-13(28)8-18(29)25(12,16)2/h3,11,13-14,16-18,20-21,23-24,27-30,32H,4-10H2,1-2H3. The van der Waals surface area contributed by atoms with Crippen LogP contribution in [-0.4, -0.2) is 80.8 Å². The van der Waals surface area contributed by atoms with Crippen LogP contribution in [0.1, 0.15) is 46.0 Å². The fraction of sp³-hybridized carbons (Fsp3) is 0.808. The molecule has 4 aliphatic carbocycles. The Hall–Kier alpha value is -1.13. The van der Waals surface area contributed by atoms with Crippen LogP contribution in [0.4, 0.5) is 0 Å². The van der Waals surface area contributed by atoms with Crippen LogP contribution in [0.3, 0.4) is 0 Å². The van der Waals surface area contributed by atoms with Gasteiger partial charge in [0.2, 0.25) is 5.79 Å². The molecule has 188 valence electrons. The first-order chi connectivity index (χ1) is 16.1. The van der Waals surface area contributed by atoms with E-state index in [1.807, 2.05) is 0 Å². The van der Waals surface area contributed by atoms with Crippen molar-refractivity contribution in [3.63, 3.8) is 0 Å². The van der Waals surface area contributed by atoms with Crippen LogP contribution >= 0.6 is 0 Å². The number of carbonyl (C=O) groups is 1. The van der Waals surface area contributed by atoms with Crippen LogP contribution < -0.4 is 0 Å². The van der Waals surface area contributed by atoms with Gasteiger partial charge in [0.25, 0.3) is 0 Å². The highest BCUT2D eigenvalue weighted by Crippen LogP contribution is 2.63. The molecule has 1 spiro atoms. The monoisotopic (exact) mass is 476 g/mol. The molecule has 3 fully saturated rings. The van der Waals surface area contributed by atoms with Gasteiger partial charge in [-0.1, -0.05) is 31.1 Å². The third-order valence-corrected chi connectivity index (χ3v) is 10.3. The number of rotatable bonds is 1. The van der Waals surface area contributed by atoms with Gasteiger partial charge in [0.1, 0.15) is 12.2 Å². The number of allylic oxidation sites excluding steroid dienone is 1. The van der Waals surface area contributed by atoms with Crippen LogP contribution in [0, 0.1) is 35.0 Å². The van der Waals surface area contributed by atoms with Crippen molar-refractivity contribution < 1.29 is 39.8 Å². The Morgan fingerprint density at radius 3 is 2.71 bits per heavy atom. The van der Waals surface area contributed by atoms with Crippen LogP contribution in [0.5, 0.6) is 0 Å². The maximum absolute atomic E-state index is 13.8. The van der Waals surface area contributed by atoms with Gasteiger partial charge in [-0.3, -0.25) is 4.79 Å². The highest BCUT2D eigenvalue weighted by Gasteiger charge is 2.69. The highest BCUT2D eigenvalue weighted by molar-refractivity contribution is 6.04. The summed E-state index contributed by atoms with van der Waals surface area (Å²) in [7, 11) is 0. The number of carbonyl (C=O) groups excluding carboxylic acids is 1. The fourth-order valence-electron chi connectivity index (χ4n) is 8.39. The van der Waals surface area contributed by atoms with Gasteiger partial charge < -0.3 is 35.0 Å². The maximum Gasteiger partial charge on any atom is 0.203 e. The van der Waals surface area contributed by atoms with Gasteiger partial charge in [-0.2, -0.15) is 0 Å². The molecule has 12 unspecified atom stereocenters. The lowest BCUT2D eigenvalue weighted by Gasteiger charge is -2.54. The molecule has 8 nitrogen and oxygen atoms in total. The largest absolute Gasteiger partial charge is 0.396 e. The number of hydrogen-bond donors (Lipinski definition) is 5. The van der Waals surface area contributed by atoms with E-state index in [9.17, 15) is 30.3 Å². The van der Waals surface area contributed by atoms with Gasteiger partial charge in [-0.15, -0.1) is 0 Å². The average Bonchev–Trinajstić information content (AvgIpc) is 3.28. The van der Waals surface area contributed by atoms with Gasteiger partial charge in [0.15, 0.2) is 5.78 Å². The van der Waals surface area contributed by atoms with E-state index < -0.39 is 47.6 Å². The molecule has 2 heterocycles. The van der Waals surface area contributed by atoms with Gasteiger partial charge in [0, 0.05) is 35.2 Å². The van der Waals surface area contributed by atoms with Crippen molar-refractivity contribution in [2.45, 2.75) is 82.3 Å². The van der Waals surface area contributed by atoms with E-state index in [1.165, 1.54) is 0 Å². The quantitative estimate of drug-likeness (QED) is 0.344. The summed E-state index contributed by atoms with van der Waals surface area (Å²) in [6, 6.07) is 0. The van der Waals surface area contributed by atoms with Crippen LogP contribution in [0.25, 0.3) is 0 Å².